The Labute approximate surface area is 193 Å². The number of aromatic nitrogens is 1. The van der Waals surface area contributed by atoms with Gasteiger partial charge in [-0.15, -0.1) is 0 Å². The lowest BCUT2D eigenvalue weighted by molar-refractivity contribution is 1.15. The molecule has 0 saturated carbocycles. The van der Waals surface area contributed by atoms with Crippen LogP contribution >= 0.6 is 34.5 Å². The van der Waals surface area contributed by atoms with E-state index in [-0.39, 0.29) is 0 Å². The van der Waals surface area contributed by atoms with Gasteiger partial charge in [0.05, 0.1) is 21.6 Å². The number of nitrogens with zero attached hydrogens (tertiary/aromatic N) is 4. The van der Waals surface area contributed by atoms with Crippen molar-refractivity contribution in [3.8, 4) is 0 Å². The molecule has 0 N–H and O–H groups in total. The average Bonchev–Trinajstić information content (AvgIpc) is 3.31. The Hall–Kier alpha value is -2.99. The molecule has 0 fully saturated rings. The normalized spacial score (nSPS) is 16.5. The zero-order valence-corrected chi connectivity index (χ0v) is 18.8. The summed E-state index contributed by atoms with van der Waals surface area (Å²) in [6, 6.07) is 23.3. The average molecular weight is 463 g/mol. The fourth-order valence-electron chi connectivity index (χ4n) is 3.32. The number of hydrogen-bond donors (Lipinski definition) is 0. The number of hydrazone groups is 1. The standard InChI is InChI=1S/C24H16Cl2N4S/c1-15-20(13-16-9-11-17(25)12-10-16)23(30(29-15)19-6-4-5-18(26)14-19)28-24-27-21-7-2-3-8-22(21)31-24/h2-14H,1H3/b20-13-,28-23?. The van der Waals surface area contributed by atoms with Crippen molar-refractivity contribution >= 4 is 73.2 Å². The van der Waals surface area contributed by atoms with Crippen molar-refractivity contribution in [2.45, 2.75) is 6.92 Å². The van der Waals surface area contributed by atoms with Crippen LogP contribution < -0.4 is 5.01 Å². The van der Waals surface area contributed by atoms with E-state index in [1.807, 2.05) is 84.7 Å². The van der Waals surface area contributed by atoms with Gasteiger partial charge < -0.3 is 0 Å². The van der Waals surface area contributed by atoms with Gasteiger partial charge >= 0.3 is 0 Å². The van der Waals surface area contributed by atoms with E-state index in [1.54, 1.807) is 11.3 Å². The summed E-state index contributed by atoms with van der Waals surface area (Å²) >= 11 is 13.9. The summed E-state index contributed by atoms with van der Waals surface area (Å²) in [5.41, 5.74) is 4.56. The molecule has 0 radical (unpaired) electrons. The number of benzene rings is 3. The van der Waals surface area contributed by atoms with Crippen LogP contribution in [0.2, 0.25) is 10.0 Å². The minimum absolute atomic E-state index is 0.639. The van der Waals surface area contributed by atoms with Crippen LogP contribution in [-0.2, 0) is 0 Å². The van der Waals surface area contributed by atoms with Gasteiger partial charge in [0, 0.05) is 15.6 Å². The number of thiazole rings is 1. The topological polar surface area (TPSA) is 40.9 Å². The predicted octanol–water partition coefficient (Wildman–Crippen LogP) is 7.61. The third-order valence-electron chi connectivity index (χ3n) is 4.80. The van der Waals surface area contributed by atoms with Gasteiger partial charge in [-0.05, 0) is 61.0 Å². The fraction of sp³-hybridized carbons (Fsp3) is 0.0417. The number of fused-ring (bicyclic) bond motifs is 1. The molecule has 4 aromatic rings. The van der Waals surface area contributed by atoms with Crippen molar-refractivity contribution in [2.24, 2.45) is 10.1 Å². The first kappa shape index (κ1) is 19.9. The van der Waals surface area contributed by atoms with Gasteiger partial charge in [0.25, 0.3) is 0 Å². The number of para-hydroxylation sites is 1. The van der Waals surface area contributed by atoms with Gasteiger partial charge in [-0.1, -0.05) is 64.9 Å². The molecule has 0 atom stereocenters. The first-order valence-corrected chi connectivity index (χ1v) is 11.2. The van der Waals surface area contributed by atoms with Crippen molar-refractivity contribution in [3.05, 3.63) is 94.0 Å². The van der Waals surface area contributed by atoms with Crippen LogP contribution in [-0.4, -0.2) is 16.5 Å². The van der Waals surface area contributed by atoms with Gasteiger partial charge in [-0.3, -0.25) is 0 Å². The molecule has 2 heterocycles. The summed E-state index contributed by atoms with van der Waals surface area (Å²) in [5.74, 6) is 0.703. The zero-order valence-electron chi connectivity index (χ0n) is 16.5. The summed E-state index contributed by atoms with van der Waals surface area (Å²) in [7, 11) is 0. The molecule has 3 aromatic carbocycles. The van der Waals surface area contributed by atoms with Crippen molar-refractivity contribution in [2.75, 3.05) is 5.01 Å². The summed E-state index contributed by atoms with van der Waals surface area (Å²) < 4.78 is 1.09. The Kier molecular flexibility index (Phi) is 5.32. The minimum Gasteiger partial charge on any atom is -0.218 e. The second-order valence-electron chi connectivity index (χ2n) is 6.99. The van der Waals surface area contributed by atoms with Crippen LogP contribution in [0.1, 0.15) is 12.5 Å². The molecule has 0 spiro atoms. The van der Waals surface area contributed by atoms with Crippen LogP contribution in [0.25, 0.3) is 16.3 Å². The molecule has 0 saturated heterocycles. The Morgan fingerprint density at radius 2 is 1.74 bits per heavy atom. The molecule has 31 heavy (non-hydrogen) atoms. The van der Waals surface area contributed by atoms with Crippen LogP contribution in [0.3, 0.4) is 0 Å². The largest absolute Gasteiger partial charge is 0.218 e. The molecular weight excluding hydrogens is 447 g/mol. The molecule has 1 aromatic heterocycles. The number of halogens is 2. The first-order chi connectivity index (χ1) is 15.1. The lowest BCUT2D eigenvalue weighted by Crippen LogP contribution is -2.21. The second kappa shape index (κ2) is 8.27. The lowest BCUT2D eigenvalue weighted by atomic mass is 10.1. The third-order valence-corrected chi connectivity index (χ3v) is 6.22. The minimum atomic E-state index is 0.639. The molecular formula is C24H16Cl2N4S. The van der Waals surface area contributed by atoms with E-state index in [9.17, 15) is 0 Å². The lowest BCUT2D eigenvalue weighted by Gasteiger charge is -2.15. The number of hydrogen-bond acceptors (Lipinski definition) is 4. The van der Waals surface area contributed by atoms with E-state index < -0.39 is 0 Å². The maximum atomic E-state index is 6.25. The van der Waals surface area contributed by atoms with Crippen molar-refractivity contribution in [3.63, 3.8) is 0 Å². The van der Waals surface area contributed by atoms with E-state index in [0.29, 0.717) is 21.0 Å². The number of rotatable bonds is 3. The van der Waals surface area contributed by atoms with Gasteiger partial charge in [0.1, 0.15) is 0 Å². The molecule has 0 unspecified atom stereocenters. The van der Waals surface area contributed by atoms with Crippen molar-refractivity contribution < 1.29 is 0 Å². The predicted molar refractivity (Wildman–Crippen MR) is 133 cm³/mol. The van der Waals surface area contributed by atoms with E-state index in [4.69, 9.17) is 33.3 Å². The SMILES string of the molecule is CC1=NN(c2cccc(Cl)c2)C(=Nc2nc3ccccc3s2)/C1=C\c1ccc(Cl)cc1. The van der Waals surface area contributed by atoms with Crippen molar-refractivity contribution in [1.82, 2.24) is 4.98 Å². The highest BCUT2D eigenvalue weighted by atomic mass is 35.5. The van der Waals surface area contributed by atoms with E-state index in [0.717, 1.165) is 32.8 Å². The maximum absolute atomic E-state index is 6.25. The quantitative estimate of drug-likeness (QED) is 0.314. The highest BCUT2D eigenvalue weighted by Gasteiger charge is 2.27. The Morgan fingerprint density at radius 1 is 0.935 bits per heavy atom. The molecule has 0 aliphatic carbocycles. The van der Waals surface area contributed by atoms with E-state index >= 15 is 0 Å². The Balaban J connectivity index is 1.65. The highest BCUT2D eigenvalue weighted by Crippen LogP contribution is 2.33. The van der Waals surface area contributed by atoms with Gasteiger partial charge in [0.15, 0.2) is 5.84 Å². The van der Waals surface area contributed by atoms with Crippen LogP contribution in [0.15, 0.2) is 88.5 Å². The second-order valence-corrected chi connectivity index (χ2v) is 8.87. The number of anilines is 1. The van der Waals surface area contributed by atoms with Gasteiger partial charge in [-0.25, -0.2) is 9.99 Å². The molecule has 7 heteroatoms. The maximum Gasteiger partial charge on any atom is 0.212 e. The molecule has 5 rings (SSSR count). The smallest absolute Gasteiger partial charge is 0.212 e. The number of aliphatic imine (C=N–C) groups is 1. The first-order valence-electron chi connectivity index (χ1n) is 9.60. The summed E-state index contributed by atoms with van der Waals surface area (Å²) in [6.07, 6.45) is 2.06. The molecule has 152 valence electrons. The van der Waals surface area contributed by atoms with E-state index in [1.165, 1.54) is 0 Å². The third kappa shape index (κ3) is 4.12. The van der Waals surface area contributed by atoms with Gasteiger partial charge in [0.2, 0.25) is 5.13 Å². The van der Waals surface area contributed by atoms with Crippen LogP contribution in [0.4, 0.5) is 10.8 Å². The number of amidine groups is 1. The van der Waals surface area contributed by atoms with Gasteiger partial charge in [-0.2, -0.15) is 10.1 Å². The van der Waals surface area contributed by atoms with Crippen LogP contribution in [0, 0.1) is 0 Å². The zero-order chi connectivity index (χ0) is 21.4. The highest BCUT2D eigenvalue weighted by molar-refractivity contribution is 7.22. The van der Waals surface area contributed by atoms with E-state index in [2.05, 4.69) is 11.1 Å². The summed E-state index contributed by atoms with van der Waals surface area (Å²) in [5, 5.41) is 8.60. The Bertz CT molecular complexity index is 1340. The Morgan fingerprint density at radius 3 is 2.52 bits per heavy atom. The summed E-state index contributed by atoms with van der Waals surface area (Å²) in [4.78, 5) is 9.61. The monoisotopic (exact) mass is 462 g/mol. The fourth-order valence-corrected chi connectivity index (χ4v) is 4.46. The molecule has 4 nitrogen and oxygen atoms in total. The molecule has 1 aliphatic rings. The van der Waals surface area contributed by atoms with Crippen molar-refractivity contribution in [1.29, 1.82) is 0 Å². The molecule has 0 amide bonds. The summed E-state index contributed by atoms with van der Waals surface area (Å²) in [6.45, 7) is 1.97. The van der Waals surface area contributed by atoms with Crippen LogP contribution in [0.5, 0.6) is 0 Å². The molecule has 1 aliphatic heterocycles. The molecule has 0 bridgehead atoms.